The summed E-state index contributed by atoms with van der Waals surface area (Å²) in [6.07, 6.45) is 9.68. The number of benzene rings is 1. The Bertz CT molecular complexity index is 865. The first-order valence-corrected chi connectivity index (χ1v) is 10.8. The molecule has 6 heteroatoms. The number of carbonyl (C=O) groups is 1. The van der Waals surface area contributed by atoms with Crippen LogP contribution in [0.5, 0.6) is 0 Å². The van der Waals surface area contributed by atoms with E-state index in [2.05, 4.69) is 40.2 Å². The lowest BCUT2D eigenvalue weighted by Crippen LogP contribution is -2.17. The van der Waals surface area contributed by atoms with Gasteiger partial charge in [-0.3, -0.25) is 4.79 Å². The van der Waals surface area contributed by atoms with Crippen LogP contribution in [0.4, 0.5) is 11.4 Å². The molecule has 2 aromatic rings. The number of thiophene rings is 1. The van der Waals surface area contributed by atoms with Crippen molar-refractivity contribution in [1.29, 1.82) is 0 Å². The fourth-order valence-corrected chi connectivity index (χ4v) is 4.57. The number of nitrogens with one attached hydrogen (secondary N) is 1. The van der Waals surface area contributed by atoms with E-state index in [0.717, 1.165) is 35.8 Å². The van der Waals surface area contributed by atoms with Gasteiger partial charge in [0.25, 0.3) is 5.91 Å². The van der Waals surface area contributed by atoms with Crippen molar-refractivity contribution in [3.63, 3.8) is 0 Å². The average Bonchev–Trinajstić information content (AvgIpc) is 3.48. The van der Waals surface area contributed by atoms with E-state index in [1.165, 1.54) is 30.5 Å². The van der Waals surface area contributed by atoms with Crippen molar-refractivity contribution < 1.29 is 9.53 Å². The number of nitrogens with two attached hydrogens (primary N) is 1. The Balaban J connectivity index is 0.00000117. The van der Waals surface area contributed by atoms with Crippen LogP contribution >= 0.6 is 11.3 Å². The number of hydrogen-bond donors (Lipinski definition) is 2. The zero-order valence-corrected chi connectivity index (χ0v) is 17.9. The predicted molar refractivity (Wildman–Crippen MR) is 122 cm³/mol. The van der Waals surface area contributed by atoms with Crippen LogP contribution < -0.4 is 16.0 Å². The third kappa shape index (κ3) is 5.28. The molecule has 0 spiro atoms. The number of nitrogens with zero attached hydrogens (tertiary/aromatic N) is 1. The molecule has 5 nitrogen and oxygen atoms in total. The largest absolute Gasteiger partial charge is 0.497 e. The summed E-state index contributed by atoms with van der Waals surface area (Å²) in [5.74, 6) is 1.10. The molecule has 1 unspecified atom stereocenters. The quantitative estimate of drug-likeness (QED) is 0.745. The van der Waals surface area contributed by atoms with Crippen molar-refractivity contribution in [3.8, 4) is 0 Å². The summed E-state index contributed by atoms with van der Waals surface area (Å²) < 4.78 is 5.32. The lowest BCUT2D eigenvalue weighted by molar-refractivity contribution is 0.103. The summed E-state index contributed by atoms with van der Waals surface area (Å²) in [6.45, 7) is 2.25. The van der Waals surface area contributed by atoms with Gasteiger partial charge in [0.05, 0.1) is 12.0 Å². The molecular weight excluding hydrogens is 382 g/mol. The van der Waals surface area contributed by atoms with E-state index in [4.69, 9.17) is 4.74 Å². The Morgan fingerprint density at radius 2 is 1.86 bits per heavy atom. The van der Waals surface area contributed by atoms with Crippen molar-refractivity contribution in [2.24, 2.45) is 5.73 Å². The number of rotatable bonds is 5. The molecule has 3 N–H and O–H groups in total. The van der Waals surface area contributed by atoms with Gasteiger partial charge < -0.3 is 20.7 Å². The number of hydrogen-bond acceptors (Lipinski definition) is 5. The highest BCUT2D eigenvalue weighted by Crippen LogP contribution is 2.33. The van der Waals surface area contributed by atoms with Crippen LogP contribution in [0, 0.1) is 0 Å². The highest BCUT2D eigenvalue weighted by Gasteiger charge is 2.17. The fraction of sp³-hybridized carbons (Fsp3) is 0.348. The molecule has 154 valence electrons. The molecule has 0 radical (unpaired) electrons. The third-order valence-electron chi connectivity index (χ3n) is 5.09. The number of ether oxygens (including phenoxy) is 1. The first-order valence-electron chi connectivity index (χ1n) is 9.99. The number of anilines is 2. The highest BCUT2D eigenvalue weighted by atomic mass is 32.1. The van der Waals surface area contributed by atoms with Gasteiger partial charge in [-0.25, -0.2) is 0 Å². The lowest BCUT2D eigenvalue weighted by atomic mass is 9.98. The van der Waals surface area contributed by atoms with Gasteiger partial charge >= 0.3 is 0 Å². The van der Waals surface area contributed by atoms with E-state index in [9.17, 15) is 4.79 Å². The zero-order valence-electron chi connectivity index (χ0n) is 17.1. The molecule has 1 fully saturated rings. The van der Waals surface area contributed by atoms with Crippen LogP contribution in [0.3, 0.4) is 0 Å². The van der Waals surface area contributed by atoms with Gasteiger partial charge in [0.15, 0.2) is 0 Å². The van der Waals surface area contributed by atoms with Crippen LogP contribution in [0.1, 0.15) is 39.7 Å². The standard InChI is InChI=1S/C22H24N2O2S.CH5N/c1-26-19-6-4-5-16(15-19)20-11-12-21(27-20)22(25)23-17-7-9-18(10-8-17)24-13-2-3-14-24;1-2/h4,6-12,15-16H,2-3,5,13-14H2,1H3,(H,23,25);2H2,1H3. The molecule has 1 amide bonds. The minimum Gasteiger partial charge on any atom is -0.497 e. The Morgan fingerprint density at radius 3 is 2.55 bits per heavy atom. The van der Waals surface area contributed by atoms with Crippen LogP contribution in [0.15, 0.2) is 60.4 Å². The second-order valence-electron chi connectivity index (χ2n) is 6.91. The van der Waals surface area contributed by atoms with E-state index in [-0.39, 0.29) is 11.8 Å². The molecule has 2 aliphatic rings. The van der Waals surface area contributed by atoms with Crippen LogP contribution in [0.2, 0.25) is 0 Å². The Kier molecular flexibility index (Phi) is 7.49. The van der Waals surface area contributed by atoms with Gasteiger partial charge in [0.1, 0.15) is 5.76 Å². The summed E-state index contributed by atoms with van der Waals surface area (Å²) in [5, 5.41) is 3.01. The lowest BCUT2D eigenvalue weighted by Gasteiger charge is -2.17. The molecule has 1 aliphatic heterocycles. The topological polar surface area (TPSA) is 67.6 Å². The molecule has 4 rings (SSSR count). The van der Waals surface area contributed by atoms with E-state index < -0.39 is 0 Å². The van der Waals surface area contributed by atoms with Crippen LogP contribution in [-0.2, 0) is 4.74 Å². The van der Waals surface area contributed by atoms with Crippen molar-refractivity contribution in [2.45, 2.75) is 25.2 Å². The number of methoxy groups -OCH3 is 1. The zero-order chi connectivity index (χ0) is 20.6. The summed E-state index contributed by atoms with van der Waals surface area (Å²) in [4.78, 5) is 16.9. The first-order chi connectivity index (χ1) is 14.2. The number of amides is 1. The molecule has 0 saturated carbocycles. The molecule has 0 bridgehead atoms. The Morgan fingerprint density at radius 1 is 1.14 bits per heavy atom. The molecular formula is C23H29N3O2S. The summed E-state index contributed by atoms with van der Waals surface area (Å²) in [6, 6.07) is 12.1. The number of allylic oxidation sites excluding steroid dienone is 3. The van der Waals surface area contributed by atoms with E-state index >= 15 is 0 Å². The van der Waals surface area contributed by atoms with Crippen molar-refractivity contribution in [1.82, 2.24) is 0 Å². The average molecular weight is 412 g/mol. The Hall–Kier alpha value is -2.57. The minimum atomic E-state index is -0.0533. The van der Waals surface area contributed by atoms with Gasteiger partial charge in [0, 0.05) is 35.3 Å². The van der Waals surface area contributed by atoms with Crippen molar-refractivity contribution in [3.05, 3.63) is 70.1 Å². The molecule has 1 saturated heterocycles. The molecule has 1 aromatic heterocycles. The summed E-state index contributed by atoms with van der Waals surface area (Å²) in [5.41, 5.74) is 6.56. The van der Waals surface area contributed by atoms with Crippen LogP contribution in [0.25, 0.3) is 0 Å². The van der Waals surface area contributed by atoms with Gasteiger partial charge in [0.2, 0.25) is 0 Å². The second kappa shape index (κ2) is 10.3. The second-order valence-corrected chi connectivity index (χ2v) is 8.03. The van der Waals surface area contributed by atoms with Gasteiger partial charge in [-0.15, -0.1) is 11.3 Å². The van der Waals surface area contributed by atoms with E-state index in [1.807, 2.05) is 30.3 Å². The van der Waals surface area contributed by atoms with Gasteiger partial charge in [-0.2, -0.15) is 0 Å². The maximum atomic E-state index is 12.6. The van der Waals surface area contributed by atoms with E-state index in [1.54, 1.807) is 18.4 Å². The Labute approximate surface area is 176 Å². The molecule has 2 heterocycles. The normalized spacial score (nSPS) is 18.0. The number of carbonyl (C=O) groups excluding carboxylic acids is 1. The van der Waals surface area contributed by atoms with Gasteiger partial charge in [-0.05, 0) is 74.9 Å². The summed E-state index contributed by atoms with van der Waals surface area (Å²) >= 11 is 1.55. The maximum Gasteiger partial charge on any atom is 0.265 e. The molecule has 1 atom stereocenters. The minimum absolute atomic E-state index is 0.0533. The van der Waals surface area contributed by atoms with Crippen molar-refractivity contribution in [2.75, 3.05) is 37.5 Å². The highest BCUT2D eigenvalue weighted by molar-refractivity contribution is 7.14. The first kappa shape index (κ1) is 21.1. The third-order valence-corrected chi connectivity index (χ3v) is 6.30. The fourth-order valence-electron chi connectivity index (χ4n) is 3.58. The maximum absolute atomic E-state index is 12.6. The van der Waals surface area contributed by atoms with Crippen LogP contribution in [-0.4, -0.2) is 33.2 Å². The van der Waals surface area contributed by atoms with Gasteiger partial charge in [-0.1, -0.05) is 6.08 Å². The summed E-state index contributed by atoms with van der Waals surface area (Å²) in [7, 11) is 3.18. The monoisotopic (exact) mass is 411 g/mol. The smallest absolute Gasteiger partial charge is 0.265 e. The SMILES string of the molecule is CN.COC1=CC(c2ccc(C(=O)Nc3ccc(N4CCCC4)cc3)s2)CC=C1. The molecule has 29 heavy (non-hydrogen) atoms. The molecule has 1 aromatic carbocycles. The molecule has 1 aliphatic carbocycles. The van der Waals surface area contributed by atoms with E-state index in [0.29, 0.717) is 0 Å². The van der Waals surface area contributed by atoms with Crippen molar-refractivity contribution >= 4 is 28.6 Å². The predicted octanol–water partition coefficient (Wildman–Crippen LogP) is 4.75.